The Morgan fingerprint density at radius 2 is 1.75 bits per heavy atom. The molecule has 0 bridgehead atoms. The summed E-state index contributed by atoms with van der Waals surface area (Å²) in [5.74, 6) is 2.84. The first-order valence-electron chi connectivity index (χ1n) is 14.6. The van der Waals surface area contributed by atoms with Crippen molar-refractivity contribution in [3.8, 4) is 5.75 Å². The predicted octanol–water partition coefficient (Wildman–Crippen LogP) is 7.04. The van der Waals surface area contributed by atoms with Crippen LogP contribution in [0.5, 0.6) is 5.75 Å². The summed E-state index contributed by atoms with van der Waals surface area (Å²) >= 11 is 6.66. The van der Waals surface area contributed by atoms with E-state index in [1.807, 2.05) is 26.2 Å². The number of halogens is 1. The van der Waals surface area contributed by atoms with Gasteiger partial charge in [0.1, 0.15) is 5.75 Å². The number of aromatic hydroxyl groups is 1. The van der Waals surface area contributed by atoms with E-state index in [0.717, 1.165) is 38.5 Å². The second-order valence-corrected chi connectivity index (χ2v) is 13.1. The van der Waals surface area contributed by atoms with E-state index < -0.39 is 6.10 Å². The molecule has 2 N–H and O–H groups in total. The summed E-state index contributed by atoms with van der Waals surface area (Å²) in [6.45, 7) is 2.29. The van der Waals surface area contributed by atoms with E-state index in [0.29, 0.717) is 35.8 Å². The molecular weight excluding hydrogens is 470 g/mol. The molecule has 2 fully saturated rings. The first-order valence-corrected chi connectivity index (χ1v) is 15.0. The average molecular weight is 518 g/mol. The van der Waals surface area contributed by atoms with Gasteiger partial charge in [0, 0.05) is 20.5 Å². The van der Waals surface area contributed by atoms with Crippen LogP contribution in [0.25, 0.3) is 0 Å². The molecule has 202 valence electrons. The molecule has 5 heteroatoms. The number of nitrogens with zero attached hydrogens (tertiary/aromatic N) is 1. The minimum atomic E-state index is -0.395. The van der Waals surface area contributed by atoms with Crippen LogP contribution in [0, 0.1) is 23.2 Å². The van der Waals surface area contributed by atoms with Gasteiger partial charge in [-0.1, -0.05) is 57.9 Å². The number of amides is 1. The molecule has 0 saturated heterocycles. The lowest BCUT2D eigenvalue weighted by molar-refractivity contribution is -0.128. The Bertz CT molecular complexity index is 889. The van der Waals surface area contributed by atoms with Crippen LogP contribution >= 0.6 is 11.6 Å². The number of aliphatic hydroxyl groups excluding tert-OH is 1. The Hall–Kier alpha value is -1.26. The van der Waals surface area contributed by atoms with Gasteiger partial charge in [0.2, 0.25) is 5.91 Å². The van der Waals surface area contributed by atoms with Gasteiger partial charge in [-0.05, 0) is 90.9 Å². The van der Waals surface area contributed by atoms with Gasteiger partial charge in [-0.15, -0.1) is 11.6 Å². The van der Waals surface area contributed by atoms with Crippen molar-refractivity contribution in [3.63, 3.8) is 0 Å². The highest BCUT2D eigenvalue weighted by Gasteiger charge is 2.59. The Balaban J connectivity index is 1.28. The summed E-state index contributed by atoms with van der Waals surface area (Å²) in [6, 6.07) is 6.03. The summed E-state index contributed by atoms with van der Waals surface area (Å²) in [4.78, 5) is 13.3. The van der Waals surface area contributed by atoms with Crippen LogP contribution in [0.3, 0.4) is 0 Å². The lowest BCUT2D eigenvalue weighted by atomic mass is 9.52. The van der Waals surface area contributed by atoms with E-state index in [2.05, 4.69) is 13.0 Å². The molecule has 36 heavy (non-hydrogen) atoms. The third-order valence-electron chi connectivity index (χ3n) is 10.0. The van der Waals surface area contributed by atoms with Crippen molar-refractivity contribution in [2.24, 2.45) is 23.2 Å². The first kappa shape index (κ1) is 27.8. The fraction of sp³-hybridized carbons (Fsp3) is 0.774. The molecule has 0 aromatic heterocycles. The monoisotopic (exact) mass is 517 g/mol. The molecule has 0 radical (unpaired) electrons. The zero-order chi connectivity index (χ0) is 25.9. The number of unbranched alkanes of at least 4 members (excludes halogenated alkanes) is 7. The number of carbonyl (C=O) groups excluding carboxylic acids is 1. The predicted molar refractivity (Wildman–Crippen MR) is 147 cm³/mol. The highest BCUT2D eigenvalue weighted by Crippen LogP contribution is 2.63. The zero-order valence-corrected chi connectivity index (χ0v) is 23.5. The molecule has 4 nitrogen and oxygen atoms in total. The van der Waals surface area contributed by atoms with Gasteiger partial charge in [0.15, 0.2) is 0 Å². The number of alkyl halides is 1. The van der Waals surface area contributed by atoms with E-state index in [4.69, 9.17) is 11.6 Å². The topological polar surface area (TPSA) is 60.8 Å². The van der Waals surface area contributed by atoms with Crippen molar-refractivity contribution in [2.75, 3.05) is 14.1 Å². The quantitative estimate of drug-likeness (QED) is 0.244. The minimum absolute atomic E-state index is 0.0581. The molecule has 1 aromatic carbocycles. The third kappa shape index (κ3) is 5.90. The summed E-state index contributed by atoms with van der Waals surface area (Å²) < 4.78 is 0. The minimum Gasteiger partial charge on any atom is -0.508 e. The van der Waals surface area contributed by atoms with E-state index in [1.54, 1.807) is 4.90 Å². The average Bonchev–Trinajstić information content (AvgIpc) is 3.08. The smallest absolute Gasteiger partial charge is 0.222 e. The van der Waals surface area contributed by atoms with Crippen LogP contribution in [0.2, 0.25) is 0 Å². The number of benzene rings is 1. The van der Waals surface area contributed by atoms with Crippen molar-refractivity contribution in [2.45, 2.75) is 114 Å². The Morgan fingerprint density at radius 1 is 1.08 bits per heavy atom. The number of rotatable bonds is 11. The van der Waals surface area contributed by atoms with Crippen molar-refractivity contribution < 1.29 is 15.0 Å². The lowest BCUT2D eigenvalue weighted by Crippen LogP contribution is -2.47. The number of phenols is 1. The van der Waals surface area contributed by atoms with Crippen molar-refractivity contribution >= 4 is 17.5 Å². The molecule has 3 aliphatic rings. The van der Waals surface area contributed by atoms with E-state index in [-0.39, 0.29) is 16.7 Å². The van der Waals surface area contributed by atoms with Gasteiger partial charge in [-0.3, -0.25) is 4.79 Å². The maximum atomic E-state index is 11.7. The normalized spacial score (nSPS) is 33.0. The van der Waals surface area contributed by atoms with Crippen LogP contribution in [0.15, 0.2) is 18.2 Å². The van der Waals surface area contributed by atoms with Gasteiger partial charge in [0.25, 0.3) is 0 Å². The van der Waals surface area contributed by atoms with Gasteiger partial charge < -0.3 is 15.1 Å². The number of hydrogen-bond donors (Lipinski definition) is 2. The fourth-order valence-corrected chi connectivity index (χ4v) is 8.45. The van der Waals surface area contributed by atoms with Gasteiger partial charge in [-0.25, -0.2) is 0 Å². The van der Waals surface area contributed by atoms with Crippen LogP contribution in [-0.4, -0.2) is 46.6 Å². The van der Waals surface area contributed by atoms with E-state index in [9.17, 15) is 15.0 Å². The molecule has 7 atom stereocenters. The standard InChI is InChI=1S/C31H48ClNO3/c1-31-17-16-25-24-15-14-23(34)19-22(24)18-21(29(25)26(31)20-27(32)30(31)36)12-10-8-6-4-5-7-9-11-13-28(35)33(2)3/h14-15,19,21,25-27,29-30,34,36H,4-13,16-18,20H2,1-3H3/t21?,25-,26+,27-,29-,30+,31+/m1/s1. The van der Waals surface area contributed by atoms with Crippen LogP contribution < -0.4 is 0 Å². The first-order chi connectivity index (χ1) is 17.2. The van der Waals surface area contributed by atoms with Crippen molar-refractivity contribution in [1.29, 1.82) is 0 Å². The van der Waals surface area contributed by atoms with Crippen LogP contribution in [0.4, 0.5) is 0 Å². The third-order valence-corrected chi connectivity index (χ3v) is 10.5. The second kappa shape index (κ2) is 12.1. The molecule has 0 spiro atoms. The Kier molecular flexibility index (Phi) is 9.31. The summed E-state index contributed by atoms with van der Waals surface area (Å²) in [6.07, 6.45) is 15.4. The number of hydrogen-bond acceptors (Lipinski definition) is 3. The van der Waals surface area contributed by atoms with Gasteiger partial charge >= 0.3 is 0 Å². The second-order valence-electron chi connectivity index (χ2n) is 12.5. The zero-order valence-electron chi connectivity index (χ0n) is 22.7. The molecule has 0 aliphatic heterocycles. The molecule has 4 rings (SSSR count). The fourth-order valence-electron chi connectivity index (χ4n) is 7.97. The van der Waals surface area contributed by atoms with Gasteiger partial charge in [-0.2, -0.15) is 0 Å². The molecule has 1 unspecified atom stereocenters. The number of fused-ring (bicyclic) bond motifs is 5. The molecule has 1 aromatic rings. The summed E-state index contributed by atoms with van der Waals surface area (Å²) in [5, 5.41) is 21.0. The SMILES string of the molecule is CN(C)C(=O)CCCCCCCCCCC1Cc2cc(O)ccc2[C@H]2CC[C@]3(C)[C@@H](O)[C@H](Cl)C[C@H]3[C@H]12. The van der Waals surface area contributed by atoms with Crippen LogP contribution in [-0.2, 0) is 11.2 Å². The largest absolute Gasteiger partial charge is 0.508 e. The van der Waals surface area contributed by atoms with E-state index in [1.165, 1.54) is 56.1 Å². The van der Waals surface area contributed by atoms with Crippen molar-refractivity contribution in [1.82, 2.24) is 4.90 Å². The van der Waals surface area contributed by atoms with Gasteiger partial charge in [0.05, 0.1) is 11.5 Å². The Labute approximate surface area is 223 Å². The molecule has 2 saturated carbocycles. The number of phenolic OH excluding ortho intramolecular Hbond substituents is 1. The number of carbonyl (C=O) groups is 1. The highest BCUT2D eigenvalue weighted by atomic mass is 35.5. The maximum Gasteiger partial charge on any atom is 0.222 e. The highest BCUT2D eigenvalue weighted by molar-refractivity contribution is 6.21. The molecule has 0 heterocycles. The molecule has 3 aliphatic carbocycles. The van der Waals surface area contributed by atoms with E-state index >= 15 is 0 Å². The summed E-state index contributed by atoms with van der Waals surface area (Å²) in [5.41, 5.74) is 2.73. The molecule has 1 amide bonds. The van der Waals surface area contributed by atoms with Crippen molar-refractivity contribution in [3.05, 3.63) is 29.3 Å². The number of aliphatic hydroxyl groups is 1. The summed E-state index contributed by atoms with van der Waals surface area (Å²) in [7, 11) is 3.66. The lowest BCUT2D eigenvalue weighted by Gasteiger charge is -2.53. The maximum absolute atomic E-state index is 11.7. The Morgan fingerprint density at radius 3 is 2.44 bits per heavy atom. The molecular formula is C31H48ClNO3. The van der Waals surface area contributed by atoms with Crippen LogP contribution in [0.1, 0.15) is 107 Å².